The molecule has 7 atom stereocenters. The minimum atomic E-state index is -5.39. The third-order valence-electron chi connectivity index (χ3n) is 8.65. The summed E-state index contributed by atoms with van der Waals surface area (Å²) in [6.07, 6.45) is 5.74. The zero-order valence-corrected chi connectivity index (χ0v) is 27.7. The van der Waals surface area contributed by atoms with Crippen molar-refractivity contribution in [1.29, 1.82) is 0 Å². The number of rotatable bonds is 2. The van der Waals surface area contributed by atoms with Crippen LogP contribution in [-0.4, -0.2) is 45.2 Å². The zero-order chi connectivity index (χ0) is 23.4. The molecule has 4 rings (SSSR count). The van der Waals surface area contributed by atoms with Crippen LogP contribution in [0.2, 0.25) is 0 Å². The Morgan fingerprint density at radius 3 is 2.21 bits per heavy atom. The minimum Gasteiger partial charge on any atom is -0.822 e. The molecular formula is C21H30Na3O9P. The van der Waals surface area contributed by atoms with Crippen molar-refractivity contribution in [2.24, 2.45) is 28.6 Å². The summed E-state index contributed by atoms with van der Waals surface area (Å²) >= 11 is 0. The van der Waals surface area contributed by atoms with Crippen molar-refractivity contribution in [3.05, 3.63) is 11.6 Å². The van der Waals surface area contributed by atoms with Crippen LogP contribution in [0.15, 0.2) is 11.6 Å². The van der Waals surface area contributed by atoms with Crippen molar-refractivity contribution in [2.75, 3.05) is 6.61 Å². The van der Waals surface area contributed by atoms with Crippen molar-refractivity contribution < 1.29 is 133 Å². The Hall–Kier alpha value is 2.07. The van der Waals surface area contributed by atoms with Crippen LogP contribution in [0, 0.1) is 28.6 Å². The zero-order valence-electron chi connectivity index (χ0n) is 20.8. The molecule has 4 aliphatic carbocycles. The van der Waals surface area contributed by atoms with Gasteiger partial charge in [-0.1, -0.05) is 19.4 Å². The second kappa shape index (κ2) is 12.9. The van der Waals surface area contributed by atoms with E-state index in [1.807, 2.05) is 6.92 Å². The summed E-state index contributed by atoms with van der Waals surface area (Å²) in [5, 5.41) is 31.7. The summed E-state index contributed by atoms with van der Waals surface area (Å²) in [7, 11) is -5.39. The van der Waals surface area contributed by atoms with E-state index in [9.17, 15) is 24.9 Å². The number of carbonyl (C=O) groups is 2. The molecule has 9 nitrogen and oxygen atoms in total. The van der Waals surface area contributed by atoms with Gasteiger partial charge in [0.2, 0.25) is 0 Å². The van der Waals surface area contributed by atoms with E-state index in [4.69, 9.17) is 19.2 Å². The molecule has 0 heterocycles. The van der Waals surface area contributed by atoms with Crippen LogP contribution in [0.5, 0.6) is 0 Å². The maximum Gasteiger partial charge on any atom is 1.00 e. The number of fused-ring (bicyclic) bond motifs is 5. The smallest absolute Gasteiger partial charge is 0.822 e. The molecule has 0 bridgehead atoms. The maximum atomic E-state index is 12.4. The van der Waals surface area contributed by atoms with Gasteiger partial charge < -0.3 is 34.6 Å². The molecule has 3 fully saturated rings. The SMILES string of the molecule is C[C@]12CCC(=O)C=C1CCC1C2[C@@H](O)C[C@@]2(C)C1CC[C@]2(O)C(=O)CO.O=P([O-])([O-])[O-].[Na+].[Na+].[Na+]. The Balaban J connectivity index is 0.00000124. The summed E-state index contributed by atoms with van der Waals surface area (Å²) in [5.41, 5.74) is -1.23. The van der Waals surface area contributed by atoms with Gasteiger partial charge in [0.05, 0.1) is 6.10 Å². The first-order valence-electron chi connectivity index (χ1n) is 10.7. The molecule has 4 aliphatic rings. The first-order valence-corrected chi connectivity index (χ1v) is 12.1. The van der Waals surface area contributed by atoms with Gasteiger partial charge in [0.15, 0.2) is 11.6 Å². The fourth-order valence-electron chi connectivity index (χ4n) is 7.28. The second-order valence-electron chi connectivity index (χ2n) is 10.0. The van der Waals surface area contributed by atoms with Crippen LogP contribution in [-0.2, 0) is 14.2 Å². The molecule has 0 aromatic rings. The van der Waals surface area contributed by atoms with E-state index in [0.717, 1.165) is 25.7 Å². The molecular weight excluding hydrogens is 496 g/mol. The average molecular weight is 526 g/mol. The average Bonchev–Trinajstić information content (AvgIpc) is 2.91. The van der Waals surface area contributed by atoms with Gasteiger partial charge in [0, 0.05) is 11.8 Å². The largest absolute Gasteiger partial charge is 1.00 e. The molecule has 0 aromatic carbocycles. The van der Waals surface area contributed by atoms with Crippen LogP contribution in [0.4, 0.5) is 0 Å². The number of phosphoric acid groups is 1. The standard InChI is InChI=1S/C21H30O5.3Na.H3O4P/c1-19-7-5-13(23)9-12(19)3-4-14-15-6-8-21(26,17(25)11-22)20(15,2)10-16(24)18(14)19;;;;1-5(2,3)4/h9,14-16,18,22,24,26H,3-8,10-11H2,1-2H3;;;;(H3,1,2,3,4)/q;3*+1;/p-3/t14?,15?,16-,18?,19-,20-,21-;;;;/m0..../s1. The van der Waals surface area contributed by atoms with E-state index < -0.39 is 37.3 Å². The molecule has 0 amide bonds. The monoisotopic (exact) mass is 526 g/mol. The molecule has 3 saturated carbocycles. The Morgan fingerprint density at radius 1 is 1.12 bits per heavy atom. The molecule has 0 radical (unpaired) electrons. The van der Waals surface area contributed by atoms with E-state index >= 15 is 0 Å². The first kappa shape index (κ1) is 36.1. The summed E-state index contributed by atoms with van der Waals surface area (Å²) in [5.74, 6) is 0.140. The van der Waals surface area contributed by atoms with E-state index in [-0.39, 0.29) is 118 Å². The van der Waals surface area contributed by atoms with Crippen molar-refractivity contribution in [1.82, 2.24) is 0 Å². The van der Waals surface area contributed by atoms with Crippen LogP contribution < -0.4 is 103 Å². The number of ketones is 2. The topological polar surface area (TPSA) is 181 Å². The number of carbonyl (C=O) groups excluding carboxylic acids is 2. The van der Waals surface area contributed by atoms with Gasteiger partial charge in [-0.05, 0) is 67.8 Å². The number of hydrogen-bond acceptors (Lipinski definition) is 9. The number of allylic oxidation sites excluding steroid dienone is 1. The minimum absolute atomic E-state index is 0. The Morgan fingerprint density at radius 2 is 1.68 bits per heavy atom. The van der Waals surface area contributed by atoms with Gasteiger partial charge in [0.25, 0.3) is 0 Å². The molecule has 0 saturated heterocycles. The predicted molar refractivity (Wildman–Crippen MR) is 103 cm³/mol. The van der Waals surface area contributed by atoms with E-state index in [0.29, 0.717) is 19.3 Å². The molecule has 3 N–H and O–H groups in total. The van der Waals surface area contributed by atoms with Crippen molar-refractivity contribution in [2.45, 2.75) is 70.5 Å². The van der Waals surface area contributed by atoms with Gasteiger partial charge >= 0.3 is 88.7 Å². The van der Waals surface area contributed by atoms with Crippen molar-refractivity contribution in [3.8, 4) is 0 Å². The van der Waals surface area contributed by atoms with Crippen molar-refractivity contribution in [3.63, 3.8) is 0 Å². The molecule has 13 heteroatoms. The molecule has 176 valence electrons. The Labute approximate surface area is 266 Å². The molecule has 0 aromatic heterocycles. The summed E-state index contributed by atoms with van der Waals surface area (Å²) in [6.45, 7) is 3.46. The normalized spacial score (nSPS) is 40.4. The third-order valence-corrected chi connectivity index (χ3v) is 8.65. The summed E-state index contributed by atoms with van der Waals surface area (Å²) in [4.78, 5) is 49.9. The van der Waals surface area contributed by atoms with Crippen LogP contribution >= 0.6 is 7.82 Å². The number of hydrogen-bond donors (Lipinski definition) is 3. The van der Waals surface area contributed by atoms with Crippen LogP contribution in [0.3, 0.4) is 0 Å². The summed E-state index contributed by atoms with van der Waals surface area (Å²) < 4.78 is 8.55. The molecule has 0 spiro atoms. The van der Waals surface area contributed by atoms with Crippen LogP contribution in [0.25, 0.3) is 0 Å². The number of aliphatic hydroxyl groups is 3. The summed E-state index contributed by atoms with van der Waals surface area (Å²) in [6, 6.07) is 0. The third kappa shape index (κ3) is 6.61. The number of aliphatic hydroxyl groups excluding tert-OH is 2. The Bertz CT molecular complexity index is 841. The van der Waals surface area contributed by atoms with Gasteiger partial charge in [-0.25, -0.2) is 0 Å². The molecule has 3 unspecified atom stereocenters. The quantitative estimate of drug-likeness (QED) is 0.233. The van der Waals surface area contributed by atoms with E-state index in [1.165, 1.54) is 5.57 Å². The number of Topliss-reactive ketones (excluding diaryl/α,β-unsaturated/α-hetero) is 1. The first-order chi connectivity index (χ1) is 14.2. The van der Waals surface area contributed by atoms with E-state index in [2.05, 4.69) is 6.92 Å². The fourth-order valence-corrected chi connectivity index (χ4v) is 7.28. The van der Waals surface area contributed by atoms with E-state index in [1.54, 1.807) is 6.08 Å². The van der Waals surface area contributed by atoms with Gasteiger partial charge in [-0.15, -0.1) is 0 Å². The molecule has 0 aliphatic heterocycles. The van der Waals surface area contributed by atoms with Gasteiger partial charge in [-0.3, -0.25) is 9.59 Å². The van der Waals surface area contributed by atoms with Gasteiger partial charge in [-0.2, -0.15) is 7.82 Å². The van der Waals surface area contributed by atoms with Crippen molar-refractivity contribution >= 4 is 19.4 Å². The maximum absolute atomic E-state index is 12.4. The van der Waals surface area contributed by atoms with Crippen LogP contribution in [0.1, 0.15) is 58.8 Å². The second-order valence-corrected chi connectivity index (χ2v) is 10.9. The Kier molecular flexibility index (Phi) is 13.7. The molecule has 34 heavy (non-hydrogen) atoms. The predicted octanol–water partition coefficient (Wildman–Crippen LogP) is -10.0. The fraction of sp³-hybridized carbons (Fsp3) is 0.810. The van der Waals surface area contributed by atoms with Gasteiger partial charge in [0.1, 0.15) is 12.2 Å².